The van der Waals surface area contributed by atoms with Crippen molar-refractivity contribution >= 4 is 11.9 Å². The second kappa shape index (κ2) is 12.1. The number of alkyl halides is 2. The first kappa shape index (κ1) is 25.8. The van der Waals surface area contributed by atoms with Crippen molar-refractivity contribution in [1.82, 2.24) is 4.90 Å². The number of hydrogen-bond donors (Lipinski definition) is 0. The smallest absolute Gasteiger partial charge is 0.338 e. The third kappa shape index (κ3) is 6.30. The predicted molar refractivity (Wildman–Crippen MR) is 131 cm³/mol. The highest BCUT2D eigenvalue weighted by Crippen LogP contribution is 2.32. The lowest BCUT2D eigenvalue weighted by atomic mass is 9.91. The van der Waals surface area contributed by atoms with Crippen LogP contribution in [0.2, 0.25) is 0 Å². The second-order valence-corrected chi connectivity index (χ2v) is 8.48. The van der Waals surface area contributed by atoms with Crippen molar-refractivity contribution < 1.29 is 27.8 Å². The molecule has 0 spiro atoms. The number of likely N-dealkylation sites (tertiary alicyclic amines) is 1. The Morgan fingerprint density at radius 1 is 0.865 bits per heavy atom. The lowest BCUT2D eigenvalue weighted by molar-refractivity contribution is -0.138. The number of nitrogens with zero attached hydrogens (tertiary/aromatic N) is 4. The molecule has 0 radical (unpaired) electrons. The predicted octanol–water partition coefficient (Wildman–Crippen LogP) is 5.27. The molecule has 0 aliphatic carbocycles. The van der Waals surface area contributed by atoms with Crippen LogP contribution in [0.15, 0.2) is 96.1 Å². The zero-order valence-electron chi connectivity index (χ0n) is 19.6. The molecule has 4 rings (SSSR count). The molecule has 0 saturated carbocycles. The molecular weight excluding hydrogens is 482 g/mol. The van der Waals surface area contributed by atoms with Crippen LogP contribution in [0.4, 0.5) is 8.78 Å². The van der Waals surface area contributed by atoms with Crippen molar-refractivity contribution in [2.45, 2.75) is 37.3 Å². The number of carbonyl (C=O) groups is 2. The van der Waals surface area contributed by atoms with Gasteiger partial charge in [0.2, 0.25) is 0 Å². The van der Waals surface area contributed by atoms with Gasteiger partial charge in [-0.3, -0.25) is 4.90 Å². The van der Waals surface area contributed by atoms with Gasteiger partial charge < -0.3 is 9.47 Å². The Bertz CT molecular complexity index is 1240. The average Bonchev–Trinajstić information content (AvgIpc) is 2.92. The maximum Gasteiger partial charge on any atom is 0.338 e. The maximum atomic E-state index is 14.6. The second-order valence-electron chi connectivity index (χ2n) is 8.48. The van der Waals surface area contributed by atoms with Gasteiger partial charge in [0.25, 0.3) is 6.43 Å². The average molecular weight is 507 g/mol. The van der Waals surface area contributed by atoms with Crippen molar-refractivity contribution in [1.29, 1.82) is 0 Å². The van der Waals surface area contributed by atoms with Gasteiger partial charge in [-0.25, -0.2) is 18.4 Å². The largest absolute Gasteiger partial charge is 0.454 e. The molecule has 0 aromatic heterocycles. The Morgan fingerprint density at radius 3 is 1.84 bits per heavy atom. The molecule has 1 saturated heterocycles. The van der Waals surface area contributed by atoms with Crippen molar-refractivity contribution in [3.63, 3.8) is 0 Å². The third-order valence-corrected chi connectivity index (χ3v) is 6.07. The molecule has 0 unspecified atom stereocenters. The van der Waals surface area contributed by atoms with E-state index < -0.39 is 42.7 Å². The fraction of sp³-hybridized carbons (Fsp3) is 0.259. The summed E-state index contributed by atoms with van der Waals surface area (Å²) < 4.78 is 40.5. The molecule has 8 nitrogen and oxygen atoms in total. The normalized spacial score (nSPS) is 21.6. The summed E-state index contributed by atoms with van der Waals surface area (Å²) in [6, 6.07) is 22.0. The van der Waals surface area contributed by atoms with Gasteiger partial charge >= 0.3 is 11.9 Å². The lowest BCUT2D eigenvalue weighted by Crippen LogP contribution is -2.64. The number of carbonyl (C=O) groups excluding carboxylic acids is 2. The highest BCUT2D eigenvalue weighted by molar-refractivity contribution is 5.90. The fourth-order valence-corrected chi connectivity index (χ4v) is 4.36. The molecule has 1 aliphatic heterocycles. The van der Waals surface area contributed by atoms with E-state index in [1.165, 1.54) is 29.2 Å². The fourth-order valence-electron chi connectivity index (χ4n) is 4.36. The number of benzene rings is 3. The number of esters is 2. The van der Waals surface area contributed by atoms with E-state index in [2.05, 4.69) is 10.0 Å². The van der Waals surface area contributed by atoms with Crippen LogP contribution in [0.3, 0.4) is 0 Å². The first-order valence-corrected chi connectivity index (χ1v) is 11.6. The molecule has 0 N–H and O–H groups in total. The third-order valence-electron chi connectivity index (χ3n) is 6.07. The zero-order chi connectivity index (χ0) is 26.2. The lowest BCUT2D eigenvalue weighted by Gasteiger charge is -2.46. The van der Waals surface area contributed by atoms with Gasteiger partial charge in [-0.1, -0.05) is 71.8 Å². The SMILES string of the molecule is [N-]=[N+]=N[C@H]1CN(Cc2ccccc2)[C@H](C(F)F)[C@@H](OC(=O)c2ccccc2)[C@@H]1OC(=O)c1ccccc1. The highest BCUT2D eigenvalue weighted by Gasteiger charge is 2.51. The molecule has 190 valence electrons. The number of piperidine rings is 1. The molecule has 3 aromatic rings. The van der Waals surface area contributed by atoms with Crippen LogP contribution in [-0.2, 0) is 16.0 Å². The van der Waals surface area contributed by atoms with E-state index in [4.69, 9.17) is 9.47 Å². The van der Waals surface area contributed by atoms with Gasteiger partial charge in [-0.05, 0) is 35.4 Å². The Hall–Kier alpha value is -4.27. The molecule has 4 atom stereocenters. The molecule has 0 amide bonds. The van der Waals surface area contributed by atoms with E-state index in [1.54, 1.807) is 66.7 Å². The van der Waals surface area contributed by atoms with Gasteiger partial charge in [-0.15, -0.1) is 0 Å². The van der Waals surface area contributed by atoms with E-state index in [-0.39, 0.29) is 24.2 Å². The summed E-state index contributed by atoms with van der Waals surface area (Å²) in [4.78, 5) is 30.1. The van der Waals surface area contributed by atoms with Crippen LogP contribution in [0, 0.1) is 0 Å². The van der Waals surface area contributed by atoms with Gasteiger partial charge in [0, 0.05) is 18.0 Å². The Kier molecular flexibility index (Phi) is 8.45. The molecule has 1 heterocycles. The van der Waals surface area contributed by atoms with Gasteiger partial charge in [0.05, 0.1) is 17.2 Å². The van der Waals surface area contributed by atoms with Crippen LogP contribution in [-0.4, -0.2) is 54.1 Å². The number of halogens is 2. The van der Waals surface area contributed by atoms with Crippen molar-refractivity contribution in [2.24, 2.45) is 5.11 Å². The molecular formula is C27H24F2N4O4. The van der Waals surface area contributed by atoms with Crippen molar-refractivity contribution in [2.75, 3.05) is 6.54 Å². The number of ether oxygens (including phenoxy) is 2. The van der Waals surface area contributed by atoms with Crippen LogP contribution in [0.25, 0.3) is 10.4 Å². The first-order chi connectivity index (χ1) is 18.0. The Balaban J connectivity index is 1.72. The minimum Gasteiger partial charge on any atom is -0.454 e. The van der Waals surface area contributed by atoms with Crippen LogP contribution in [0.1, 0.15) is 26.3 Å². The first-order valence-electron chi connectivity index (χ1n) is 11.6. The molecule has 1 fully saturated rings. The van der Waals surface area contributed by atoms with Crippen LogP contribution >= 0.6 is 0 Å². The van der Waals surface area contributed by atoms with E-state index in [0.29, 0.717) is 0 Å². The highest BCUT2D eigenvalue weighted by atomic mass is 19.3. The summed E-state index contributed by atoms with van der Waals surface area (Å²) in [6.07, 6.45) is -6.03. The van der Waals surface area contributed by atoms with Gasteiger partial charge in [-0.2, -0.15) is 0 Å². The summed E-state index contributed by atoms with van der Waals surface area (Å²) in [7, 11) is 0. The van der Waals surface area contributed by atoms with E-state index in [0.717, 1.165) is 5.56 Å². The summed E-state index contributed by atoms with van der Waals surface area (Å²) in [6.45, 7) is -0.0634. The monoisotopic (exact) mass is 506 g/mol. The van der Waals surface area contributed by atoms with E-state index in [9.17, 15) is 23.9 Å². The van der Waals surface area contributed by atoms with Gasteiger partial charge in [0.15, 0.2) is 12.2 Å². The number of rotatable bonds is 8. The summed E-state index contributed by atoms with van der Waals surface area (Å²) in [5.74, 6) is -1.67. The zero-order valence-corrected chi connectivity index (χ0v) is 19.6. The molecule has 1 aliphatic rings. The Morgan fingerprint density at radius 2 is 1.35 bits per heavy atom. The van der Waals surface area contributed by atoms with Crippen LogP contribution < -0.4 is 0 Å². The molecule has 3 aromatic carbocycles. The van der Waals surface area contributed by atoms with E-state index >= 15 is 0 Å². The van der Waals surface area contributed by atoms with Crippen LogP contribution in [0.5, 0.6) is 0 Å². The van der Waals surface area contributed by atoms with Gasteiger partial charge in [0.1, 0.15) is 6.04 Å². The number of azide groups is 1. The standard InChI is InChI=1S/C27H24F2N4O4/c28-25(29)22-24(37-27(35)20-14-8-3-9-15-20)23(36-26(34)19-12-6-2-7-13-19)21(31-32-30)17-33(22)16-18-10-4-1-5-11-18/h1-15,21-25H,16-17H2/t21-,22-,23+,24+/m0/s1. The molecule has 10 heteroatoms. The minimum absolute atomic E-state index is 0.0754. The summed E-state index contributed by atoms with van der Waals surface area (Å²) in [5.41, 5.74) is 10.3. The molecule has 37 heavy (non-hydrogen) atoms. The molecule has 0 bridgehead atoms. The summed E-state index contributed by atoms with van der Waals surface area (Å²) in [5, 5.41) is 3.75. The quantitative estimate of drug-likeness (QED) is 0.179. The topological polar surface area (TPSA) is 105 Å². The Labute approximate surface area is 212 Å². The maximum absolute atomic E-state index is 14.6. The summed E-state index contributed by atoms with van der Waals surface area (Å²) >= 11 is 0. The van der Waals surface area contributed by atoms with Crippen molar-refractivity contribution in [3.8, 4) is 0 Å². The minimum atomic E-state index is -2.97. The van der Waals surface area contributed by atoms with E-state index in [1.807, 2.05) is 0 Å². The number of hydrogen-bond acceptors (Lipinski definition) is 6. The van der Waals surface area contributed by atoms with Crippen molar-refractivity contribution in [3.05, 3.63) is 118 Å².